The van der Waals surface area contributed by atoms with Gasteiger partial charge in [-0.2, -0.15) is 5.10 Å². The highest BCUT2D eigenvalue weighted by molar-refractivity contribution is 6.51. The Labute approximate surface area is 271 Å². The number of rotatable bonds is 6. The van der Waals surface area contributed by atoms with E-state index in [2.05, 4.69) is 136 Å². The molecule has 7 rings (SSSR count). The number of aliphatic imine (C=N–C) groups is 2. The van der Waals surface area contributed by atoms with E-state index >= 15 is 0 Å². The first-order valence-corrected chi connectivity index (χ1v) is 16.2. The van der Waals surface area contributed by atoms with Gasteiger partial charge in [0, 0.05) is 30.0 Å². The Hall–Kier alpha value is -5.17. The summed E-state index contributed by atoms with van der Waals surface area (Å²) in [6, 6.07) is 36.1. The van der Waals surface area contributed by atoms with Crippen LogP contribution in [0.3, 0.4) is 0 Å². The van der Waals surface area contributed by atoms with Crippen molar-refractivity contribution in [2.45, 2.75) is 53.0 Å². The SMILES string of the molecule is CCN(CC)c1ccc(NC2=Nc3ccccc3N3C2=Nc2c(c(C)nn2-c2ccccc2)C3c2ccc(C(C)(C)C)cc2)cc1. The zero-order valence-corrected chi connectivity index (χ0v) is 27.5. The Morgan fingerprint density at radius 2 is 1.46 bits per heavy atom. The third-order valence-electron chi connectivity index (χ3n) is 8.99. The van der Waals surface area contributed by atoms with Crippen molar-refractivity contribution in [2.75, 3.05) is 28.2 Å². The largest absolute Gasteiger partial charge is 0.372 e. The summed E-state index contributed by atoms with van der Waals surface area (Å²) in [6.07, 6.45) is 0. The standard InChI is InChI=1S/C39H41N7/c1-7-44(8-2)30-24-22-29(23-25-30)40-36-38-42-37-34(26(3)43-46(37)31-14-10-9-11-15-31)35(27-18-20-28(21-19-27)39(4,5)6)45(38)33-17-13-12-16-32(33)41-36/h9-25,35H,7-8H2,1-6H3,(H,40,41). The van der Waals surface area contributed by atoms with Gasteiger partial charge in [0.2, 0.25) is 0 Å². The molecule has 232 valence electrons. The normalized spacial score (nSPS) is 15.3. The Morgan fingerprint density at radius 1 is 0.783 bits per heavy atom. The van der Waals surface area contributed by atoms with E-state index in [0.717, 1.165) is 58.7 Å². The molecule has 0 saturated heterocycles. The smallest absolute Gasteiger partial charge is 0.179 e. The molecule has 0 saturated carbocycles. The maximum absolute atomic E-state index is 5.39. The Balaban J connectivity index is 1.41. The van der Waals surface area contributed by atoms with Gasteiger partial charge in [-0.05, 0) is 85.8 Å². The lowest BCUT2D eigenvalue weighted by Crippen LogP contribution is -2.46. The van der Waals surface area contributed by atoms with Gasteiger partial charge in [-0.1, -0.05) is 75.4 Å². The van der Waals surface area contributed by atoms with Gasteiger partial charge in [0.05, 0.1) is 28.8 Å². The van der Waals surface area contributed by atoms with Crippen molar-refractivity contribution in [3.05, 3.63) is 126 Å². The van der Waals surface area contributed by atoms with Crippen LogP contribution >= 0.6 is 0 Å². The third-order valence-corrected chi connectivity index (χ3v) is 8.99. The molecule has 0 aliphatic carbocycles. The van der Waals surface area contributed by atoms with Crippen molar-refractivity contribution in [3.8, 4) is 5.69 Å². The van der Waals surface area contributed by atoms with E-state index < -0.39 is 0 Å². The van der Waals surface area contributed by atoms with Crippen LogP contribution in [0, 0.1) is 6.92 Å². The molecule has 3 heterocycles. The van der Waals surface area contributed by atoms with Crippen molar-refractivity contribution in [2.24, 2.45) is 9.98 Å². The quantitative estimate of drug-likeness (QED) is 0.209. The molecule has 0 radical (unpaired) electrons. The van der Waals surface area contributed by atoms with E-state index in [0.29, 0.717) is 5.84 Å². The monoisotopic (exact) mass is 607 g/mol. The molecule has 0 spiro atoms. The fraction of sp³-hybridized carbons (Fsp3) is 0.256. The van der Waals surface area contributed by atoms with Crippen LogP contribution in [-0.2, 0) is 5.41 Å². The molecule has 1 N–H and O–H groups in total. The van der Waals surface area contributed by atoms with Crippen LogP contribution in [0.5, 0.6) is 0 Å². The highest BCUT2D eigenvalue weighted by Gasteiger charge is 2.41. The average Bonchev–Trinajstić information content (AvgIpc) is 3.41. The molecule has 7 nitrogen and oxygen atoms in total. The van der Waals surface area contributed by atoms with Crippen LogP contribution in [0.25, 0.3) is 5.69 Å². The minimum absolute atomic E-state index is 0.0549. The predicted molar refractivity (Wildman–Crippen MR) is 192 cm³/mol. The number of hydrogen-bond acceptors (Lipinski definition) is 6. The van der Waals surface area contributed by atoms with Gasteiger partial charge in [-0.25, -0.2) is 14.7 Å². The van der Waals surface area contributed by atoms with Crippen molar-refractivity contribution in [3.63, 3.8) is 0 Å². The van der Waals surface area contributed by atoms with Gasteiger partial charge in [0.25, 0.3) is 0 Å². The number of fused-ring (bicyclic) bond motifs is 4. The van der Waals surface area contributed by atoms with Crippen LogP contribution in [0.15, 0.2) is 113 Å². The second-order valence-corrected chi connectivity index (χ2v) is 12.9. The summed E-state index contributed by atoms with van der Waals surface area (Å²) >= 11 is 0. The number of amidine groups is 2. The van der Waals surface area contributed by atoms with E-state index in [1.807, 2.05) is 28.9 Å². The Bertz CT molecular complexity index is 1920. The molecule has 0 amide bonds. The minimum Gasteiger partial charge on any atom is -0.372 e. The predicted octanol–water partition coefficient (Wildman–Crippen LogP) is 9.12. The number of para-hydroxylation sites is 3. The number of hydrogen-bond donors (Lipinski definition) is 1. The molecule has 46 heavy (non-hydrogen) atoms. The van der Waals surface area contributed by atoms with Crippen molar-refractivity contribution < 1.29 is 0 Å². The Morgan fingerprint density at radius 3 is 2.13 bits per heavy atom. The van der Waals surface area contributed by atoms with E-state index in [1.165, 1.54) is 16.8 Å². The Kier molecular flexibility index (Phi) is 7.47. The van der Waals surface area contributed by atoms with Gasteiger partial charge in [0.1, 0.15) is 0 Å². The summed E-state index contributed by atoms with van der Waals surface area (Å²) < 4.78 is 1.97. The van der Waals surface area contributed by atoms with Crippen LogP contribution in [0.4, 0.5) is 28.6 Å². The molecule has 5 aromatic rings. The first-order valence-electron chi connectivity index (χ1n) is 16.2. The van der Waals surface area contributed by atoms with Gasteiger partial charge in [0.15, 0.2) is 17.5 Å². The fourth-order valence-corrected chi connectivity index (χ4v) is 6.51. The van der Waals surface area contributed by atoms with E-state index in [9.17, 15) is 0 Å². The van der Waals surface area contributed by atoms with E-state index in [-0.39, 0.29) is 11.5 Å². The zero-order chi connectivity index (χ0) is 32.0. The lowest BCUT2D eigenvalue weighted by Gasteiger charge is -2.40. The molecule has 0 fully saturated rings. The summed E-state index contributed by atoms with van der Waals surface area (Å²) in [5.74, 6) is 2.29. The number of nitrogens with zero attached hydrogens (tertiary/aromatic N) is 6. The van der Waals surface area contributed by atoms with Gasteiger partial charge >= 0.3 is 0 Å². The summed E-state index contributed by atoms with van der Waals surface area (Å²) in [4.78, 5) is 15.2. The van der Waals surface area contributed by atoms with Crippen LogP contribution in [-0.4, -0.2) is 34.5 Å². The average molecular weight is 608 g/mol. The van der Waals surface area contributed by atoms with Crippen molar-refractivity contribution >= 4 is 40.2 Å². The summed E-state index contributed by atoms with van der Waals surface area (Å²) in [5.41, 5.74) is 9.63. The molecule has 4 aromatic carbocycles. The van der Waals surface area contributed by atoms with E-state index in [1.54, 1.807) is 0 Å². The third kappa shape index (κ3) is 5.15. The minimum atomic E-state index is -0.160. The number of nitrogens with one attached hydrogen (secondary N) is 1. The van der Waals surface area contributed by atoms with Gasteiger partial charge in [-0.3, -0.25) is 0 Å². The second-order valence-electron chi connectivity index (χ2n) is 12.9. The topological polar surface area (TPSA) is 61.0 Å². The maximum atomic E-state index is 5.39. The molecule has 2 aliphatic heterocycles. The molecular formula is C39H41N7. The molecule has 7 heteroatoms. The highest BCUT2D eigenvalue weighted by Crippen LogP contribution is 2.48. The number of aromatic nitrogens is 2. The van der Waals surface area contributed by atoms with E-state index in [4.69, 9.17) is 15.1 Å². The molecule has 1 aromatic heterocycles. The lowest BCUT2D eigenvalue weighted by molar-refractivity contribution is 0.589. The highest BCUT2D eigenvalue weighted by atomic mass is 15.4. The van der Waals surface area contributed by atoms with Crippen LogP contribution < -0.4 is 15.1 Å². The number of benzene rings is 4. The van der Waals surface area contributed by atoms with Crippen molar-refractivity contribution in [1.29, 1.82) is 0 Å². The second kappa shape index (κ2) is 11.6. The summed E-state index contributed by atoms with van der Waals surface area (Å²) in [5, 5.41) is 8.73. The van der Waals surface area contributed by atoms with Gasteiger partial charge < -0.3 is 15.1 Å². The molecule has 1 atom stereocenters. The van der Waals surface area contributed by atoms with Crippen LogP contribution in [0.2, 0.25) is 0 Å². The maximum Gasteiger partial charge on any atom is 0.179 e. The molecule has 2 aliphatic rings. The van der Waals surface area contributed by atoms with Crippen molar-refractivity contribution in [1.82, 2.24) is 9.78 Å². The van der Waals surface area contributed by atoms with Crippen LogP contribution in [0.1, 0.15) is 63.0 Å². The summed E-state index contributed by atoms with van der Waals surface area (Å²) in [6.45, 7) is 15.2. The molecule has 1 unspecified atom stereocenters. The number of anilines is 3. The molecule has 0 bridgehead atoms. The molecular weight excluding hydrogens is 566 g/mol. The fourth-order valence-electron chi connectivity index (χ4n) is 6.51. The zero-order valence-electron chi connectivity index (χ0n) is 27.5. The first-order chi connectivity index (χ1) is 22.3. The first kappa shape index (κ1) is 29.5. The lowest BCUT2D eigenvalue weighted by atomic mass is 9.85. The van der Waals surface area contributed by atoms with Gasteiger partial charge in [-0.15, -0.1) is 0 Å². The number of aryl methyl sites for hydroxylation is 1. The summed E-state index contributed by atoms with van der Waals surface area (Å²) in [7, 11) is 0.